The molecule has 0 heterocycles. The van der Waals surface area contributed by atoms with E-state index in [0.29, 0.717) is 0 Å². The van der Waals surface area contributed by atoms with Crippen LogP contribution >= 0.6 is 0 Å². The predicted molar refractivity (Wildman–Crippen MR) is 181 cm³/mol. The quantitative estimate of drug-likeness (QED) is 0.107. The van der Waals surface area contributed by atoms with Gasteiger partial charge < -0.3 is 15.4 Å². The third kappa shape index (κ3) is 18.7. The van der Waals surface area contributed by atoms with Crippen molar-refractivity contribution in [2.45, 2.75) is 150 Å². The van der Waals surface area contributed by atoms with Crippen LogP contribution in [0.15, 0.2) is 61.9 Å². The molecule has 236 valence electrons. The molecule has 0 spiro atoms. The summed E-state index contributed by atoms with van der Waals surface area (Å²) in [7, 11) is 0. The molecule has 1 amide bonds. The Morgan fingerprint density at radius 3 is 2.12 bits per heavy atom. The minimum absolute atomic E-state index is 0.0696. The van der Waals surface area contributed by atoms with E-state index in [2.05, 4.69) is 71.2 Å². The average molecular weight is 571 g/mol. The van der Waals surface area contributed by atoms with Gasteiger partial charge in [-0.05, 0) is 81.5 Å². The van der Waals surface area contributed by atoms with E-state index in [4.69, 9.17) is 4.74 Å². The predicted octanol–water partition coefficient (Wildman–Crippen LogP) is 11.0. The molecule has 1 aliphatic carbocycles. The van der Waals surface area contributed by atoms with Crippen molar-refractivity contribution in [3.8, 4) is 0 Å². The molecular weight excluding hydrogens is 504 g/mol. The Balaban J connectivity index is 0.00000781. The largest absolute Gasteiger partial charge is 0.446 e. The number of alkyl carbamates (subject to hydrolysis) is 1. The third-order valence-electron chi connectivity index (χ3n) is 8.03. The maximum Gasteiger partial charge on any atom is 0.407 e. The Morgan fingerprint density at radius 2 is 1.49 bits per heavy atom. The zero-order valence-electron chi connectivity index (χ0n) is 28.0. The van der Waals surface area contributed by atoms with E-state index in [1.54, 1.807) is 6.08 Å². The summed E-state index contributed by atoms with van der Waals surface area (Å²) in [5.41, 5.74) is 3.40. The zero-order chi connectivity index (χ0) is 31.3. The highest BCUT2D eigenvalue weighted by molar-refractivity contribution is 5.67. The van der Waals surface area contributed by atoms with Gasteiger partial charge in [-0.3, -0.25) is 0 Å². The minimum atomic E-state index is -0.277. The Hall–Kier alpha value is -2.23. The van der Waals surface area contributed by atoms with Crippen LogP contribution in [0.2, 0.25) is 0 Å². The summed E-state index contributed by atoms with van der Waals surface area (Å²) in [5, 5.41) is 6.86. The van der Waals surface area contributed by atoms with Crippen LogP contribution in [0.25, 0.3) is 0 Å². The molecule has 0 aliphatic heterocycles. The fraction of sp³-hybridized carbons (Fsp3) is 0.703. The van der Waals surface area contributed by atoms with Crippen LogP contribution in [0, 0.1) is 10.8 Å². The van der Waals surface area contributed by atoms with Crippen molar-refractivity contribution < 1.29 is 9.53 Å². The van der Waals surface area contributed by atoms with Gasteiger partial charge >= 0.3 is 6.09 Å². The number of amides is 1. The number of carbonyl (C=O) groups excluding carboxylic acids is 1. The van der Waals surface area contributed by atoms with Crippen LogP contribution < -0.4 is 10.6 Å². The highest BCUT2D eigenvalue weighted by atomic mass is 16.6. The van der Waals surface area contributed by atoms with Crippen molar-refractivity contribution in [3.05, 3.63) is 61.9 Å². The van der Waals surface area contributed by atoms with Crippen LogP contribution in [-0.2, 0) is 4.74 Å². The van der Waals surface area contributed by atoms with E-state index in [-0.39, 0.29) is 29.1 Å². The molecule has 0 aromatic heterocycles. The number of carbonyl (C=O) groups is 1. The fourth-order valence-electron chi connectivity index (χ4n) is 6.13. The minimum Gasteiger partial charge on any atom is -0.446 e. The molecule has 1 rings (SSSR count). The van der Waals surface area contributed by atoms with E-state index in [0.717, 1.165) is 94.0 Å². The Labute approximate surface area is 255 Å². The first kappa shape index (κ1) is 38.8. The second kappa shape index (κ2) is 21.5. The van der Waals surface area contributed by atoms with E-state index >= 15 is 0 Å². The normalized spacial score (nSPS) is 20.0. The van der Waals surface area contributed by atoms with Crippen molar-refractivity contribution in [3.63, 3.8) is 0 Å². The zero-order valence-corrected chi connectivity index (χ0v) is 28.0. The number of ether oxygens (including phenoxy) is 1. The van der Waals surface area contributed by atoms with E-state index < -0.39 is 0 Å². The number of rotatable bonds is 21. The molecule has 0 bridgehead atoms. The molecule has 1 fully saturated rings. The highest BCUT2D eigenvalue weighted by Gasteiger charge is 2.42. The topological polar surface area (TPSA) is 50.4 Å². The van der Waals surface area contributed by atoms with Gasteiger partial charge in [0.15, 0.2) is 0 Å². The van der Waals surface area contributed by atoms with E-state index in [9.17, 15) is 4.79 Å². The van der Waals surface area contributed by atoms with Crippen LogP contribution in [0.3, 0.4) is 0 Å². The number of hydrogen-bond acceptors (Lipinski definition) is 3. The van der Waals surface area contributed by atoms with Crippen LogP contribution in [0.1, 0.15) is 138 Å². The van der Waals surface area contributed by atoms with Crippen molar-refractivity contribution in [1.82, 2.24) is 10.6 Å². The fourth-order valence-corrected chi connectivity index (χ4v) is 6.13. The van der Waals surface area contributed by atoms with Gasteiger partial charge in [0.05, 0.1) is 0 Å². The second-order valence-corrected chi connectivity index (χ2v) is 13.1. The first-order chi connectivity index (χ1) is 19.4. The van der Waals surface area contributed by atoms with Gasteiger partial charge in [-0.1, -0.05) is 123 Å². The molecule has 4 nitrogen and oxygen atoms in total. The van der Waals surface area contributed by atoms with Crippen molar-refractivity contribution in [2.24, 2.45) is 10.8 Å². The van der Waals surface area contributed by atoms with Gasteiger partial charge in [-0.15, -0.1) is 0 Å². The summed E-state index contributed by atoms with van der Waals surface area (Å²) in [6.45, 7) is 33.9. The average Bonchev–Trinajstić information content (AvgIpc) is 2.92. The lowest BCUT2D eigenvalue weighted by atomic mass is 9.62. The molecule has 1 saturated carbocycles. The van der Waals surface area contributed by atoms with Crippen LogP contribution in [-0.4, -0.2) is 24.8 Å². The van der Waals surface area contributed by atoms with Gasteiger partial charge in [0, 0.05) is 18.3 Å². The summed E-state index contributed by atoms with van der Waals surface area (Å²) < 4.78 is 6.00. The molecule has 2 N–H and O–H groups in total. The number of unbranched alkanes of at least 4 members (excludes halogenated alkanes) is 5. The summed E-state index contributed by atoms with van der Waals surface area (Å²) in [5.74, 6) is 0. The number of nitrogens with one attached hydrogen (secondary N) is 2. The molecule has 4 heteroatoms. The van der Waals surface area contributed by atoms with Gasteiger partial charge in [0.2, 0.25) is 0 Å². The van der Waals surface area contributed by atoms with Crippen molar-refractivity contribution in [2.75, 3.05) is 6.54 Å². The maximum atomic E-state index is 13.1. The van der Waals surface area contributed by atoms with E-state index in [1.165, 1.54) is 25.7 Å². The molecular formula is C37H66N2O2. The number of hydrogen-bond donors (Lipinski definition) is 2. The maximum absolute atomic E-state index is 13.1. The SMILES string of the molecule is C=CC(=C)CCCCC(=C)NCC1(C)CC(NC(=O)OC(CCCCCCC)CCC(=C)C=C)CC(C)(C)C1.CC. The highest BCUT2D eigenvalue weighted by Crippen LogP contribution is 2.46. The first-order valence-corrected chi connectivity index (χ1v) is 16.4. The van der Waals surface area contributed by atoms with Gasteiger partial charge in [-0.25, -0.2) is 4.79 Å². The van der Waals surface area contributed by atoms with E-state index in [1.807, 2.05) is 19.9 Å². The summed E-state index contributed by atoms with van der Waals surface area (Å²) >= 11 is 0. The lowest BCUT2D eigenvalue weighted by Gasteiger charge is -2.47. The Bertz CT molecular complexity index is 812. The summed E-state index contributed by atoms with van der Waals surface area (Å²) in [6, 6.07) is 0.0968. The molecule has 41 heavy (non-hydrogen) atoms. The van der Waals surface area contributed by atoms with Crippen LogP contribution in [0.5, 0.6) is 0 Å². The molecule has 0 saturated heterocycles. The molecule has 1 aliphatic rings. The van der Waals surface area contributed by atoms with Gasteiger partial charge in [0.25, 0.3) is 0 Å². The molecule has 0 radical (unpaired) electrons. The molecule has 0 aromatic rings. The first-order valence-electron chi connectivity index (χ1n) is 16.4. The lowest BCUT2D eigenvalue weighted by molar-refractivity contribution is 0.0532. The van der Waals surface area contributed by atoms with Crippen molar-refractivity contribution >= 4 is 6.09 Å². The third-order valence-corrected chi connectivity index (χ3v) is 8.03. The standard InChI is InChI=1S/C35H60N2O2.C2H6/c1-10-13-14-15-16-21-32(23-22-29(5)12-3)39-33(38)37-31-24-34(7,8)26-35(9,25-31)27-36-30(6)20-18-17-19-28(4)11-2;1-2/h11-12,31-32,36H,2-6,10,13-27H2,1,7-9H3,(H,37,38);1-2H3. The summed E-state index contributed by atoms with van der Waals surface area (Å²) in [6.07, 6.45) is 19.0. The Kier molecular flexibility index (Phi) is 20.3. The van der Waals surface area contributed by atoms with Gasteiger partial charge in [-0.2, -0.15) is 0 Å². The van der Waals surface area contributed by atoms with Crippen LogP contribution in [0.4, 0.5) is 4.79 Å². The molecule has 3 unspecified atom stereocenters. The Morgan fingerprint density at radius 1 is 0.878 bits per heavy atom. The smallest absolute Gasteiger partial charge is 0.407 e. The van der Waals surface area contributed by atoms with Crippen molar-refractivity contribution in [1.29, 1.82) is 0 Å². The second-order valence-electron chi connectivity index (χ2n) is 13.1. The summed E-state index contributed by atoms with van der Waals surface area (Å²) in [4.78, 5) is 13.1. The molecule has 0 aromatic carbocycles. The molecule has 3 atom stereocenters. The number of allylic oxidation sites excluding steroid dienone is 5. The monoisotopic (exact) mass is 571 g/mol. The lowest BCUT2D eigenvalue weighted by Crippen LogP contribution is -2.50. The van der Waals surface area contributed by atoms with Gasteiger partial charge in [0.1, 0.15) is 6.10 Å².